The topological polar surface area (TPSA) is 102 Å². The lowest BCUT2D eigenvalue weighted by atomic mass is 10.3. The Bertz CT molecular complexity index is 874. The van der Waals surface area contributed by atoms with E-state index in [0.717, 1.165) is 17.1 Å². The molecular formula is C17H18N6O. The average molecular weight is 322 g/mol. The number of aromatic nitrogens is 3. The minimum absolute atomic E-state index is 0.0402. The van der Waals surface area contributed by atoms with Gasteiger partial charge in [0.2, 0.25) is 5.95 Å². The Morgan fingerprint density at radius 2 is 1.83 bits per heavy atom. The van der Waals surface area contributed by atoms with Crippen molar-refractivity contribution in [1.29, 1.82) is 5.41 Å². The number of para-hydroxylation sites is 1. The fourth-order valence-corrected chi connectivity index (χ4v) is 2.18. The summed E-state index contributed by atoms with van der Waals surface area (Å²) in [5.74, 6) is 1.21. The van der Waals surface area contributed by atoms with Crippen LogP contribution >= 0.6 is 0 Å². The van der Waals surface area contributed by atoms with Gasteiger partial charge in [-0.05, 0) is 43.3 Å². The zero-order valence-electron chi connectivity index (χ0n) is 13.2. The smallest absolute Gasteiger partial charge is 0.247 e. The number of nitrogen functional groups attached to an aromatic ring is 1. The Balaban J connectivity index is 1.91. The van der Waals surface area contributed by atoms with Crippen molar-refractivity contribution in [2.75, 3.05) is 17.7 Å². The Morgan fingerprint density at radius 1 is 1.12 bits per heavy atom. The Morgan fingerprint density at radius 3 is 2.50 bits per heavy atom. The van der Waals surface area contributed by atoms with Gasteiger partial charge in [0, 0.05) is 5.69 Å². The fourth-order valence-electron chi connectivity index (χ4n) is 2.18. The molecule has 0 amide bonds. The number of ether oxygens (including phenoxy) is 1. The first-order valence-corrected chi connectivity index (χ1v) is 7.54. The Kier molecular flexibility index (Phi) is 4.42. The van der Waals surface area contributed by atoms with E-state index in [1.807, 2.05) is 61.5 Å². The minimum Gasteiger partial charge on any atom is -0.494 e. The molecule has 0 aliphatic heterocycles. The third-order valence-corrected chi connectivity index (χ3v) is 3.30. The standard InChI is InChI=1S/C17H18N6O/c1-2-24-14-10-8-12(9-11-14)20-17-21-15(18)16(19)23(22-17)13-6-4-3-5-7-13/h3-11,19H,2H2,1H3,(H3,18,20,21,22). The summed E-state index contributed by atoms with van der Waals surface area (Å²) in [5.41, 5.74) is 7.44. The summed E-state index contributed by atoms with van der Waals surface area (Å²) in [6.45, 7) is 2.56. The molecule has 122 valence electrons. The lowest BCUT2D eigenvalue weighted by molar-refractivity contribution is 0.340. The molecule has 1 heterocycles. The van der Waals surface area contributed by atoms with Crippen molar-refractivity contribution in [1.82, 2.24) is 14.8 Å². The van der Waals surface area contributed by atoms with Crippen LogP contribution in [0.5, 0.6) is 5.75 Å². The van der Waals surface area contributed by atoms with Gasteiger partial charge in [-0.2, -0.15) is 4.98 Å². The highest BCUT2D eigenvalue weighted by atomic mass is 16.5. The van der Waals surface area contributed by atoms with Crippen LogP contribution < -0.4 is 21.3 Å². The fraction of sp³-hybridized carbons (Fsp3) is 0.118. The molecule has 24 heavy (non-hydrogen) atoms. The molecule has 3 aromatic rings. The molecule has 0 fully saturated rings. The van der Waals surface area contributed by atoms with E-state index in [1.165, 1.54) is 4.68 Å². The van der Waals surface area contributed by atoms with Gasteiger partial charge in [-0.3, -0.25) is 5.41 Å². The molecule has 0 saturated carbocycles. The third kappa shape index (κ3) is 3.35. The second-order valence-electron chi connectivity index (χ2n) is 5.00. The van der Waals surface area contributed by atoms with Crippen LogP contribution in [0.2, 0.25) is 0 Å². The first kappa shape index (κ1) is 15.5. The summed E-state index contributed by atoms with van der Waals surface area (Å²) < 4.78 is 6.86. The molecular weight excluding hydrogens is 304 g/mol. The number of nitrogens with zero attached hydrogens (tertiary/aromatic N) is 3. The summed E-state index contributed by atoms with van der Waals surface area (Å²) in [5, 5.41) is 15.5. The van der Waals surface area contributed by atoms with Crippen LogP contribution in [0.25, 0.3) is 5.69 Å². The minimum atomic E-state index is 0.0402. The van der Waals surface area contributed by atoms with Gasteiger partial charge in [0.1, 0.15) is 5.75 Å². The van der Waals surface area contributed by atoms with Crippen molar-refractivity contribution in [3.63, 3.8) is 0 Å². The number of hydrogen-bond donors (Lipinski definition) is 3. The highest BCUT2D eigenvalue weighted by Crippen LogP contribution is 2.18. The predicted molar refractivity (Wildman–Crippen MR) is 92.5 cm³/mol. The van der Waals surface area contributed by atoms with Gasteiger partial charge in [0.15, 0.2) is 11.3 Å². The van der Waals surface area contributed by atoms with Gasteiger partial charge >= 0.3 is 0 Å². The van der Waals surface area contributed by atoms with Crippen LogP contribution in [0.3, 0.4) is 0 Å². The van der Waals surface area contributed by atoms with Crippen molar-refractivity contribution >= 4 is 17.5 Å². The number of anilines is 3. The van der Waals surface area contributed by atoms with Gasteiger partial charge in [0.05, 0.1) is 12.3 Å². The lowest BCUT2D eigenvalue weighted by Crippen LogP contribution is -2.26. The highest BCUT2D eigenvalue weighted by molar-refractivity contribution is 5.55. The van der Waals surface area contributed by atoms with Crippen LogP contribution in [0.1, 0.15) is 6.92 Å². The molecule has 7 nitrogen and oxygen atoms in total. The molecule has 0 spiro atoms. The molecule has 0 unspecified atom stereocenters. The van der Waals surface area contributed by atoms with Crippen LogP contribution in [0.4, 0.5) is 17.5 Å². The number of nitrogens with two attached hydrogens (primary N) is 1. The summed E-state index contributed by atoms with van der Waals surface area (Å²) in [6, 6.07) is 16.8. The predicted octanol–water partition coefficient (Wildman–Crippen LogP) is 2.47. The van der Waals surface area contributed by atoms with Gasteiger partial charge in [-0.15, -0.1) is 5.10 Å². The van der Waals surface area contributed by atoms with E-state index < -0.39 is 0 Å². The number of nitrogens with one attached hydrogen (secondary N) is 2. The zero-order chi connectivity index (χ0) is 16.9. The number of hydrogen-bond acceptors (Lipinski definition) is 6. The molecule has 0 radical (unpaired) electrons. The van der Waals surface area contributed by atoms with Crippen LogP contribution in [-0.4, -0.2) is 21.4 Å². The van der Waals surface area contributed by atoms with Gasteiger partial charge in [0.25, 0.3) is 0 Å². The van der Waals surface area contributed by atoms with E-state index in [4.69, 9.17) is 15.9 Å². The highest BCUT2D eigenvalue weighted by Gasteiger charge is 2.07. The molecule has 7 heteroatoms. The lowest BCUT2D eigenvalue weighted by Gasteiger charge is -2.11. The summed E-state index contributed by atoms with van der Waals surface area (Å²) >= 11 is 0. The van der Waals surface area contributed by atoms with E-state index >= 15 is 0 Å². The van der Waals surface area contributed by atoms with Crippen molar-refractivity contribution in [3.8, 4) is 11.4 Å². The largest absolute Gasteiger partial charge is 0.494 e. The molecule has 0 aliphatic carbocycles. The van der Waals surface area contributed by atoms with Crippen LogP contribution in [-0.2, 0) is 0 Å². The van der Waals surface area contributed by atoms with Gasteiger partial charge in [-0.25, -0.2) is 4.68 Å². The summed E-state index contributed by atoms with van der Waals surface area (Å²) in [6.07, 6.45) is 0. The van der Waals surface area contributed by atoms with Crippen molar-refractivity contribution in [2.24, 2.45) is 0 Å². The first-order chi connectivity index (χ1) is 11.7. The SMILES string of the molecule is CCOc1ccc(Nc2nc(N)c(=N)n(-c3ccccc3)n2)cc1. The van der Waals surface area contributed by atoms with Crippen molar-refractivity contribution in [3.05, 3.63) is 60.1 Å². The average Bonchev–Trinajstić information content (AvgIpc) is 2.61. The number of benzene rings is 2. The molecule has 3 rings (SSSR count). The molecule has 1 aromatic heterocycles. The normalized spacial score (nSPS) is 10.4. The molecule has 0 bridgehead atoms. The maximum absolute atomic E-state index is 8.05. The monoisotopic (exact) mass is 322 g/mol. The summed E-state index contributed by atoms with van der Waals surface area (Å²) in [4.78, 5) is 4.13. The van der Waals surface area contributed by atoms with Gasteiger partial charge in [-0.1, -0.05) is 18.2 Å². The maximum atomic E-state index is 8.05. The zero-order valence-corrected chi connectivity index (χ0v) is 13.2. The molecule has 0 saturated heterocycles. The molecule has 2 aromatic carbocycles. The molecule has 4 N–H and O–H groups in total. The van der Waals surface area contributed by atoms with E-state index in [2.05, 4.69) is 15.4 Å². The van der Waals surface area contributed by atoms with E-state index in [0.29, 0.717) is 12.6 Å². The van der Waals surface area contributed by atoms with Crippen molar-refractivity contribution < 1.29 is 4.74 Å². The quantitative estimate of drug-likeness (QED) is 0.670. The van der Waals surface area contributed by atoms with E-state index in [9.17, 15) is 0 Å². The maximum Gasteiger partial charge on any atom is 0.247 e. The van der Waals surface area contributed by atoms with Crippen LogP contribution in [0, 0.1) is 5.41 Å². The van der Waals surface area contributed by atoms with E-state index in [-0.39, 0.29) is 11.3 Å². The molecule has 0 atom stereocenters. The van der Waals surface area contributed by atoms with Gasteiger partial charge < -0.3 is 15.8 Å². The van der Waals surface area contributed by atoms with Crippen molar-refractivity contribution in [2.45, 2.75) is 6.92 Å². The second-order valence-corrected chi connectivity index (χ2v) is 5.00. The second kappa shape index (κ2) is 6.82. The first-order valence-electron chi connectivity index (χ1n) is 7.54. The van der Waals surface area contributed by atoms with Crippen LogP contribution in [0.15, 0.2) is 54.6 Å². The van der Waals surface area contributed by atoms with E-state index in [1.54, 1.807) is 0 Å². The Hall–Kier alpha value is -3.35. The Labute approximate surface area is 139 Å². The number of rotatable bonds is 5. The third-order valence-electron chi connectivity index (χ3n) is 3.30. The summed E-state index contributed by atoms with van der Waals surface area (Å²) in [7, 11) is 0. The molecule has 0 aliphatic rings.